The Bertz CT molecular complexity index is 394. The van der Waals surface area contributed by atoms with Gasteiger partial charge in [-0.1, -0.05) is 0 Å². The number of ether oxygens (including phenoxy) is 2. The van der Waals surface area contributed by atoms with Gasteiger partial charge in [0.15, 0.2) is 0 Å². The van der Waals surface area contributed by atoms with Crippen LogP contribution in [0.3, 0.4) is 0 Å². The predicted molar refractivity (Wildman–Crippen MR) is 71.7 cm³/mol. The van der Waals surface area contributed by atoms with Crippen molar-refractivity contribution in [2.24, 2.45) is 0 Å². The summed E-state index contributed by atoms with van der Waals surface area (Å²) in [5.41, 5.74) is 0. The molecule has 0 aromatic carbocycles. The highest BCUT2D eigenvalue weighted by atomic mass is 32.2. The third kappa shape index (κ3) is 5.71. The van der Waals surface area contributed by atoms with Gasteiger partial charge in [-0.25, -0.2) is 8.42 Å². The van der Waals surface area contributed by atoms with E-state index < -0.39 is 22.0 Å². The van der Waals surface area contributed by atoms with Gasteiger partial charge in [0, 0.05) is 26.6 Å². The molecule has 1 rings (SSSR count). The van der Waals surface area contributed by atoms with Crippen LogP contribution in [0.5, 0.6) is 0 Å². The van der Waals surface area contributed by atoms with Gasteiger partial charge in [-0.2, -0.15) is 4.31 Å². The first kappa shape index (κ1) is 17.3. The molecule has 0 aromatic rings. The number of hydrogen-bond donors (Lipinski definition) is 2. The highest BCUT2D eigenvalue weighted by molar-refractivity contribution is 7.89. The number of carbonyl (C=O) groups is 1. The molecule has 9 heteroatoms. The maximum absolute atomic E-state index is 12.0. The summed E-state index contributed by atoms with van der Waals surface area (Å²) in [4.78, 5) is 11.6. The van der Waals surface area contributed by atoms with Crippen molar-refractivity contribution >= 4 is 15.9 Å². The molecular formula is C11H22N2O6S. The van der Waals surface area contributed by atoms with Crippen LogP contribution in [0.1, 0.15) is 6.42 Å². The van der Waals surface area contributed by atoms with Crippen LogP contribution in [-0.2, 0) is 24.3 Å². The van der Waals surface area contributed by atoms with Crippen molar-refractivity contribution in [3.63, 3.8) is 0 Å². The fourth-order valence-corrected chi connectivity index (χ4v) is 3.22. The van der Waals surface area contributed by atoms with Crippen LogP contribution >= 0.6 is 0 Å². The second-order valence-corrected chi connectivity index (χ2v) is 6.57. The first-order valence-corrected chi connectivity index (χ1v) is 8.05. The number of rotatable bonds is 8. The summed E-state index contributed by atoms with van der Waals surface area (Å²) >= 11 is 0. The quantitative estimate of drug-likeness (QED) is 0.546. The smallest absolute Gasteiger partial charge is 0.221 e. The van der Waals surface area contributed by atoms with Crippen molar-refractivity contribution in [2.75, 3.05) is 52.4 Å². The van der Waals surface area contributed by atoms with E-state index in [1.54, 1.807) is 0 Å². The summed E-state index contributed by atoms with van der Waals surface area (Å²) in [6.07, 6.45) is -0.139. The highest BCUT2D eigenvalue weighted by Crippen LogP contribution is 2.06. The monoisotopic (exact) mass is 310 g/mol. The lowest BCUT2D eigenvalue weighted by molar-refractivity contribution is -0.122. The number of aliphatic hydroxyl groups is 1. The number of nitrogens with one attached hydrogen (secondary N) is 1. The summed E-state index contributed by atoms with van der Waals surface area (Å²) in [5.74, 6) is -0.665. The molecular weight excluding hydrogens is 288 g/mol. The van der Waals surface area contributed by atoms with Gasteiger partial charge in [0.05, 0.1) is 38.2 Å². The van der Waals surface area contributed by atoms with Gasteiger partial charge < -0.3 is 19.9 Å². The molecule has 0 spiro atoms. The van der Waals surface area contributed by atoms with Gasteiger partial charge in [-0.15, -0.1) is 0 Å². The lowest BCUT2D eigenvalue weighted by Crippen LogP contribution is -2.44. The zero-order valence-corrected chi connectivity index (χ0v) is 12.4. The fraction of sp³-hybridized carbons (Fsp3) is 0.909. The van der Waals surface area contributed by atoms with Crippen molar-refractivity contribution in [3.8, 4) is 0 Å². The standard InChI is InChI=1S/C11H22N2O6S/c1-18-9-10(8-14)12-11(15)2-7-20(16,17)13-3-5-19-6-4-13/h10,14H,2-9H2,1H3,(H,12,15). The van der Waals surface area contributed by atoms with Gasteiger partial charge in [-0.3, -0.25) is 4.79 Å². The third-order valence-corrected chi connectivity index (χ3v) is 4.78. The zero-order chi connectivity index (χ0) is 15.0. The number of aliphatic hydroxyl groups excluding tert-OH is 1. The lowest BCUT2D eigenvalue weighted by atomic mass is 10.3. The van der Waals surface area contributed by atoms with Crippen LogP contribution in [0.15, 0.2) is 0 Å². The van der Waals surface area contributed by atoms with Gasteiger partial charge in [-0.05, 0) is 0 Å². The molecule has 0 bridgehead atoms. The van der Waals surface area contributed by atoms with Crippen molar-refractivity contribution in [1.82, 2.24) is 9.62 Å². The van der Waals surface area contributed by atoms with E-state index in [2.05, 4.69) is 5.32 Å². The molecule has 0 radical (unpaired) electrons. The number of carbonyl (C=O) groups excluding carboxylic acids is 1. The zero-order valence-electron chi connectivity index (χ0n) is 11.6. The number of methoxy groups -OCH3 is 1. The second-order valence-electron chi connectivity index (χ2n) is 4.48. The molecule has 1 amide bonds. The summed E-state index contributed by atoms with van der Waals surface area (Å²) in [7, 11) is -1.98. The Morgan fingerprint density at radius 1 is 1.45 bits per heavy atom. The highest BCUT2D eigenvalue weighted by Gasteiger charge is 2.25. The maximum atomic E-state index is 12.0. The molecule has 0 saturated carbocycles. The SMILES string of the molecule is COCC(CO)NC(=O)CCS(=O)(=O)N1CCOCC1. The Hall–Kier alpha value is -0.740. The predicted octanol–water partition coefficient (Wildman–Crippen LogP) is -1.84. The van der Waals surface area contributed by atoms with Crippen LogP contribution in [0.2, 0.25) is 0 Å². The maximum Gasteiger partial charge on any atom is 0.221 e. The minimum absolute atomic E-state index is 0.139. The number of hydrogen-bond acceptors (Lipinski definition) is 6. The van der Waals surface area contributed by atoms with E-state index in [0.29, 0.717) is 26.3 Å². The molecule has 118 valence electrons. The van der Waals surface area contributed by atoms with Crippen LogP contribution in [-0.4, -0.2) is 82.2 Å². The Kier molecular flexibility index (Phi) is 7.38. The van der Waals surface area contributed by atoms with Gasteiger partial charge in [0.2, 0.25) is 15.9 Å². The van der Waals surface area contributed by atoms with Gasteiger partial charge in [0.25, 0.3) is 0 Å². The first-order valence-electron chi connectivity index (χ1n) is 6.44. The Morgan fingerprint density at radius 2 is 2.10 bits per heavy atom. The largest absolute Gasteiger partial charge is 0.394 e. The molecule has 2 N–H and O–H groups in total. The molecule has 0 aromatic heterocycles. The summed E-state index contributed by atoms with van der Waals surface area (Å²) in [6.45, 7) is 1.34. The van der Waals surface area contributed by atoms with E-state index in [-0.39, 0.29) is 25.4 Å². The molecule has 1 aliphatic rings. The number of morpholine rings is 1. The summed E-state index contributed by atoms with van der Waals surface area (Å²) in [5, 5.41) is 11.5. The van der Waals surface area contributed by atoms with E-state index >= 15 is 0 Å². The minimum Gasteiger partial charge on any atom is -0.394 e. The fourth-order valence-electron chi connectivity index (χ4n) is 1.82. The molecule has 1 saturated heterocycles. The third-order valence-electron chi connectivity index (χ3n) is 2.90. The van der Waals surface area contributed by atoms with E-state index in [4.69, 9.17) is 14.6 Å². The average molecular weight is 310 g/mol. The number of nitrogens with zero attached hydrogens (tertiary/aromatic N) is 1. The number of sulfonamides is 1. The summed E-state index contributed by atoms with van der Waals surface area (Å²) in [6, 6.07) is -0.515. The normalized spacial score (nSPS) is 18.7. The lowest BCUT2D eigenvalue weighted by Gasteiger charge is -2.26. The second kappa shape index (κ2) is 8.53. The van der Waals surface area contributed by atoms with E-state index in [9.17, 15) is 13.2 Å². The molecule has 1 unspecified atom stereocenters. The topological polar surface area (TPSA) is 105 Å². The first-order chi connectivity index (χ1) is 9.49. The molecule has 1 atom stereocenters. The Morgan fingerprint density at radius 3 is 2.65 bits per heavy atom. The van der Waals surface area contributed by atoms with Crippen LogP contribution < -0.4 is 5.32 Å². The van der Waals surface area contributed by atoms with Crippen molar-refractivity contribution in [3.05, 3.63) is 0 Å². The molecule has 20 heavy (non-hydrogen) atoms. The van der Waals surface area contributed by atoms with Crippen LogP contribution in [0, 0.1) is 0 Å². The number of amides is 1. The molecule has 1 aliphatic heterocycles. The molecule has 8 nitrogen and oxygen atoms in total. The van der Waals surface area contributed by atoms with E-state index in [1.807, 2.05) is 0 Å². The van der Waals surface area contributed by atoms with Gasteiger partial charge >= 0.3 is 0 Å². The van der Waals surface area contributed by atoms with E-state index in [1.165, 1.54) is 11.4 Å². The minimum atomic E-state index is -3.43. The average Bonchev–Trinajstić information content (AvgIpc) is 2.46. The Balaban J connectivity index is 2.38. The van der Waals surface area contributed by atoms with Gasteiger partial charge in [0.1, 0.15) is 0 Å². The Labute approximate surface area is 119 Å². The van der Waals surface area contributed by atoms with Crippen molar-refractivity contribution in [2.45, 2.75) is 12.5 Å². The summed E-state index contributed by atoms with van der Waals surface area (Å²) < 4.78 is 35.2. The molecule has 0 aliphatic carbocycles. The molecule has 1 fully saturated rings. The van der Waals surface area contributed by atoms with Crippen molar-refractivity contribution < 1.29 is 27.8 Å². The van der Waals surface area contributed by atoms with Crippen LogP contribution in [0.4, 0.5) is 0 Å². The molecule has 1 heterocycles. The van der Waals surface area contributed by atoms with E-state index in [0.717, 1.165) is 0 Å². The van der Waals surface area contributed by atoms with Crippen LogP contribution in [0.25, 0.3) is 0 Å². The van der Waals surface area contributed by atoms with Crippen molar-refractivity contribution in [1.29, 1.82) is 0 Å².